The maximum absolute atomic E-state index is 12.3. The maximum atomic E-state index is 12.3. The average Bonchev–Trinajstić information content (AvgIpc) is 2.38. The molecule has 0 aromatic heterocycles. The minimum absolute atomic E-state index is 0.100. The molecular formula is C11H16NO6P. The third-order valence-corrected chi connectivity index (χ3v) is 4.43. The second-order valence-corrected chi connectivity index (χ2v) is 5.69. The van der Waals surface area contributed by atoms with Crippen molar-refractivity contribution in [3.8, 4) is 0 Å². The molecule has 0 amide bonds. The van der Waals surface area contributed by atoms with Gasteiger partial charge in [0.25, 0.3) is 5.69 Å². The molecule has 0 unspecified atom stereocenters. The largest absolute Gasteiger partial charge is 0.376 e. The molecule has 0 fully saturated rings. The predicted molar refractivity (Wildman–Crippen MR) is 68.9 cm³/mol. The second kappa shape index (κ2) is 6.77. The number of nitrogens with zero attached hydrogens (tertiary/aromatic N) is 1. The third-order valence-electron chi connectivity index (χ3n) is 2.30. The second-order valence-electron chi connectivity index (χ2n) is 3.60. The molecule has 1 rings (SSSR count). The average molecular weight is 289 g/mol. The van der Waals surface area contributed by atoms with Gasteiger partial charge in [-0.15, -0.1) is 0 Å². The molecule has 0 spiro atoms. The first-order chi connectivity index (χ1) is 8.94. The SMILES string of the molecule is CCOP(=O)(OCC)[C@@H](O)c1cccc([N+](=O)[O-])c1. The minimum atomic E-state index is -3.75. The molecule has 106 valence electrons. The lowest BCUT2D eigenvalue weighted by Crippen LogP contribution is -2.06. The number of nitro benzene ring substituents is 1. The van der Waals surface area contributed by atoms with Crippen LogP contribution >= 0.6 is 7.60 Å². The first kappa shape index (κ1) is 15.8. The van der Waals surface area contributed by atoms with Gasteiger partial charge in [-0.3, -0.25) is 14.7 Å². The summed E-state index contributed by atoms with van der Waals surface area (Å²) < 4.78 is 22.3. The number of rotatable bonds is 7. The molecule has 0 heterocycles. The van der Waals surface area contributed by atoms with Gasteiger partial charge in [0, 0.05) is 12.1 Å². The van der Waals surface area contributed by atoms with Crippen molar-refractivity contribution in [2.75, 3.05) is 13.2 Å². The lowest BCUT2D eigenvalue weighted by molar-refractivity contribution is -0.385. The highest BCUT2D eigenvalue weighted by Crippen LogP contribution is 2.59. The van der Waals surface area contributed by atoms with Crippen LogP contribution in [0.3, 0.4) is 0 Å². The molecule has 0 aliphatic carbocycles. The number of benzene rings is 1. The summed E-state index contributed by atoms with van der Waals surface area (Å²) in [6.45, 7) is 3.43. The van der Waals surface area contributed by atoms with Crippen LogP contribution in [-0.4, -0.2) is 23.2 Å². The summed E-state index contributed by atoms with van der Waals surface area (Å²) in [4.78, 5) is 10.1. The number of nitro groups is 1. The van der Waals surface area contributed by atoms with Crippen LogP contribution in [0.1, 0.15) is 25.3 Å². The summed E-state index contributed by atoms with van der Waals surface area (Å²) in [7, 11) is -3.75. The smallest absolute Gasteiger partial charge is 0.363 e. The summed E-state index contributed by atoms with van der Waals surface area (Å²) in [6.07, 6.45) is 0. The Bertz CT molecular complexity index is 482. The van der Waals surface area contributed by atoms with E-state index >= 15 is 0 Å². The first-order valence-electron chi connectivity index (χ1n) is 5.75. The van der Waals surface area contributed by atoms with Crippen molar-refractivity contribution in [1.29, 1.82) is 0 Å². The molecule has 0 bridgehead atoms. The van der Waals surface area contributed by atoms with E-state index in [2.05, 4.69) is 0 Å². The fraction of sp³-hybridized carbons (Fsp3) is 0.455. The van der Waals surface area contributed by atoms with Crippen LogP contribution in [0.15, 0.2) is 24.3 Å². The van der Waals surface area contributed by atoms with E-state index in [-0.39, 0.29) is 24.5 Å². The zero-order valence-corrected chi connectivity index (χ0v) is 11.6. The van der Waals surface area contributed by atoms with Crippen LogP contribution in [-0.2, 0) is 13.6 Å². The summed E-state index contributed by atoms with van der Waals surface area (Å²) in [6, 6.07) is 5.26. The Kier molecular flexibility index (Phi) is 5.62. The van der Waals surface area contributed by atoms with Gasteiger partial charge in [-0.2, -0.15) is 0 Å². The summed E-state index contributed by atoms with van der Waals surface area (Å²) in [5.41, 5.74) is -0.0736. The fourth-order valence-corrected chi connectivity index (χ4v) is 3.12. The fourth-order valence-electron chi connectivity index (χ4n) is 1.52. The van der Waals surface area contributed by atoms with Crippen LogP contribution in [0, 0.1) is 10.1 Å². The van der Waals surface area contributed by atoms with Crippen molar-refractivity contribution in [1.82, 2.24) is 0 Å². The third kappa shape index (κ3) is 3.84. The molecule has 19 heavy (non-hydrogen) atoms. The minimum Gasteiger partial charge on any atom is -0.376 e. The van der Waals surface area contributed by atoms with E-state index in [1.807, 2.05) is 0 Å². The lowest BCUT2D eigenvalue weighted by Gasteiger charge is -2.22. The van der Waals surface area contributed by atoms with Crippen LogP contribution in [0.5, 0.6) is 0 Å². The molecule has 1 aromatic rings. The molecule has 0 radical (unpaired) electrons. The van der Waals surface area contributed by atoms with Gasteiger partial charge in [-0.05, 0) is 19.4 Å². The molecular weight excluding hydrogens is 273 g/mol. The van der Waals surface area contributed by atoms with Crippen LogP contribution < -0.4 is 0 Å². The number of aliphatic hydroxyl groups excluding tert-OH is 1. The van der Waals surface area contributed by atoms with Gasteiger partial charge < -0.3 is 14.2 Å². The number of non-ortho nitro benzene ring substituents is 1. The predicted octanol–water partition coefficient (Wildman–Crippen LogP) is 2.85. The van der Waals surface area contributed by atoms with E-state index in [9.17, 15) is 19.8 Å². The van der Waals surface area contributed by atoms with E-state index in [1.165, 1.54) is 18.2 Å². The number of hydrogen-bond donors (Lipinski definition) is 1. The molecule has 0 saturated carbocycles. The molecule has 1 aromatic carbocycles. The van der Waals surface area contributed by atoms with Gasteiger partial charge in [-0.1, -0.05) is 12.1 Å². The van der Waals surface area contributed by atoms with Gasteiger partial charge in [0.2, 0.25) is 0 Å². The van der Waals surface area contributed by atoms with Crippen LogP contribution in [0.2, 0.25) is 0 Å². The topological polar surface area (TPSA) is 98.9 Å². The lowest BCUT2D eigenvalue weighted by atomic mass is 10.2. The van der Waals surface area contributed by atoms with E-state index < -0.39 is 18.4 Å². The monoisotopic (exact) mass is 289 g/mol. The van der Waals surface area contributed by atoms with Gasteiger partial charge in [-0.25, -0.2) is 0 Å². The Morgan fingerprint density at radius 2 is 1.95 bits per heavy atom. The molecule has 1 atom stereocenters. The van der Waals surface area contributed by atoms with Crippen molar-refractivity contribution in [2.24, 2.45) is 0 Å². The van der Waals surface area contributed by atoms with E-state index in [0.717, 1.165) is 6.07 Å². The first-order valence-corrected chi connectivity index (χ1v) is 7.37. The van der Waals surface area contributed by atoms with Crippen molar-refractivity contribution >= 4 is 13.3 Å². The highest BCUT2D eigenvalue weighted by atomic mass is 31.2. The van der Waals surface area contributed by atoms with Crippen LogP contribution in [0.4, 0.5) is 5.69 Å². The Morgan fingerprint density at radius 1 is 1.37 bits per heavy atom. The zero-order chi connectivity index (χ0) is 14.5. The van der Waals surface area contributed by atoms with E-state index in [1.54, 1.807) is 13.8 Å². The highest BCUT2D eigenvalue weighted by molar-refractivity contribution is 7.54. The van der Waals surface area contributed by atoms with E-state index in [0.29, 0.717) is 0 Å². The van der Waals surface area contributed by atoms with Crippen molar-refractivity contribution in [3.63, 3.8) is 0 Å². The Labute approximate surface area is 110 Å². The summed E-state index contributed by atoms with van der Waals surface area (Å²) in [5.74, 6) is -1.55. The molecule has 8 heteroatoms. The molecule has 1 N–H and O–H groups in total. The quantitative estimate of drug-likeness (QED) is 0.470. The van der Waals surface area contributed by atoms with Crippen LogP contribution in [0.25, 0.3) is 0 Å². The summed E-state index contributed by atoms with van der Waals surface area (Å²) >= 11 is 0. The molecule has 0 aliphatic heterocycles. The Hall–Kier alpha value is -1.27. The normalized spacial score (nSPS) is 13.2. The van der Waals surface area contributed by atoms with Gasteiger partial charge in [0.15, 0.2) is 5.85 Å². The zero-order valence-electron chi connectivity index (χ0n) is 10.7. The van der Waals surface area contributed by atoms with Gasteiger partial charge in [0.05, 0.1) is 18.1 Å². The standard InChI is InChI=1S/C11H16NO6P/c1-3-17-19(16,18-4-2)11(13)9-6-5-7-10(8-9)12(14)15/h5-8,11,13H,3-4H2,1-2H3/t11-/m1/s1. The van der Waals surface area contributed by atoms with Gasteiger partial charge in [0.1, 0.15) is 0 Å². The Balaban J connectivity index is 3.09. The van der Waals surface area contributed by atoms with Gasteiger partial charge >= 0.3 is 7.60 Å². The molecule has 0 aliphatic rings. The molecule has 7 nitrogen and oxygen atoms in total. The highest BCUT2D eigenvalue weighted by Gasteiger charge is 2.35. The Morgan fingerprint density at radius 3 is 2.42 bits per heavy atom. The van der Waals surface area contributed by atoms with E-state index in [4.69, 9.17) is 9.05 Å². The number of aliphatic hydroxyl groups is 1. The van der Waals surface area contributed by atoms with Crippen molar-refractivity contribution < 1.29 is 23.6 Å². The van der Waals surface area contributed by atoms with Crippen molar-refractivity contribution in [2.45, 2.75) is 19.7 Å². The van der Waals surface area contributed by atoms with Crippen molar-refractivity contribution in [3.05, 3.63) is 39.9 Å². The maximum Gasteiger partial charge on any atom is 0.363 e. The molecule has 0 saturated heterocycles. The number of hydrogen-bond acceptors (Lipinski definition) is 6. The summed E-state index contributed by atoms with van der Waals surface area (Å²) in [5, 5.41) is 20.7.